The molecular weight excluding hydrogens is 632 g/mol. The fraction of sp³-hybridized carbons (Fsp3) is 0.545. The highest BCUT2D eigenvalue weighted by atomic mass is 35.5. The molecule has 1 aliphatic heterocycles. The molecule has 1 amide bonds. The van der Waals surface area contributed by atoms with Crippen LogP contribution in [0.5, 0.6) is 5.75 Å². The molecule has 0 saturated carbocycles. The third-order valence-corrected chi connectivity index (χ3v) is 11.8. The van der Waals surface area contributed by atoms with Gasteiger partial charge in [-0.25, -0.2) is 13.2 Å². The standard InChI is InChI=1S/C33H47ClN4O5S2/c1-24-27-22-25(34)12-15-30(27)44-31(24)45(40,41)38(17-11-9-7-6-8-10-16-35)26-13-14-29(42-5)28(23-26)36-18-20-37(21-19-36)32(39)43-33(2,3)4/h12-15,22-23H,6-11,16-21,35H2,1-5H3. The highest BCUT2D eigenvalue weighted by Gasteiger charge is 2.31. The number of aryl methyl sites for hydroxylation is 1. The number of benzene rings is 2. The lowest BCUT2D eigenvalue weighted by Crippen LogP contribution is -2.50. The van der Waals surface area contributed by atoms with Crippen molar-refractivity contribution in [3.63, 3.8) is 0 Å². The number of hydrogen-bond donors (Lipinski definition) is 1. The van der Waals surface area contributed by atoms with Gasteiger partial charge in [-0.2, -0.15) is 0 Å². The molecule has 0 atom stereocenters. The third-order valence-electron chi connectivity index (χ3n) is 7.92. The normalized spacial score (nSPS) is 14.2. The van der Waals surface area contributed by atoms with Crippen LogP contribution in [0.3, 0.4) is 0 Å². The van der Waals surface area contributed by atoms with Gasteiger partial charge < -0.3 is 25.0 Å². The van der Waals surface area contributed by atoms with Gasteiger partial charge in [0, 0.05) is 42.4 Å². The summed E-state index contributed by atoms with van der Waals surface area (Å²) in [7, 11) is -2.29. The van der Waals surface area contributed by atoms with Gasteiger partial charge in [-0.1, -0.05) is 37.3 Å². The minimum atomic E-state index is -3.90. The lowest BCUT2D eigenvalue weighted by molar-refractivity contribution is 0.0240. The van der Waals surface area contributed by atoms with Crippen molar-refractivity contribution in [2.24, 2.45) is 5.73 Å². The van der Waals surface area contributed by atoms with Gasteiger partial charge in [-0.3, -0.25) is 4.31 Å². The zero-order valence-corrected chi connectivity index (χ0v) is 29.5. The van der Waals surface area contributed by atoms with E-state index in [-0.39, 0.29) is 6.09 Å². The molecule has 45 heavy (non-hydrogen) atoms. The van der Waals surface area contributed by atoms with E-state index in [1.165, 1.54) is 11.3 Å². The molecule has 2 N–H and O–H groups in total. The van der Waals surface area contributed by atoms with Crippen LogP contribution in [0, 0.1) is 6.92 Å². The van der Waals surface area contributed by atoms with Crippen molar-refractivity contribution in [3.8, 4) is 5.75 Å². The van der Waals surface area contributed by atoms with Crippen molar-refractivity contribution in [1.29, 1.82) is 0 Å². The second-order valence-corrected chi connectivity index (χ2v) is 16.0. The Labute approximate surface area is 277 Å². The first kappa shape index (κ1) is 35.1. The largest absolute Gasteiger partial charge is 0.495 e. The number of piperazine rings is 1. The van der Waals surface area contributed by atoms with Crippen molar-refractivity contribution in [2.45, 2.75) is 76.0 Å². The summed E-state index contributed by atoms with van der Waals surface area (Å²) in [6.45, 7) is 10.6. The predicted molar refractivity (Wildman–Crippen MR) is 186 cm³/mol. The number of thiophene rings is 1. The van der Waals surface area contributed by atoms with Crippen LogP contribution in [0.15, 0.2) is 40.6 Å². The Morgan fingerprint density at radius 2 is 1.67 bits per heavy atom. The number of rotatable bonds is 13. The Balaban J connectivity index is 1.63. The molecule has 0 bridgehead atoms. The van der Waals surface area contributed by atoms with Crippen molar-refractivity contribution in [2.75, 3.05) is 55.6 Å². The minimum absolute atomic E-state index is 0.325. The Morgan fingerprint density at radius 1 is 1.00 bits per heavy atom. The number of sulfonamides is 1. The number of nitrogens with two attached hydrogens (primary N) is 1. The van der Waals surface area contributed by atoms with Crippen molar-refractivity contribution >= 4 is 60.5 Å². The average molecular weight is 679 g/mol. The van der Waals surface area contributed by atoms with E-state index in [9.17, 15) is 13.2 Å². The number of carbonyl (C=O) groups is 1. The molecule has 4 rings (SSSR count). The molecule has 1 fully saturated rings. The minimum Gasteiger partial charge on any atom is -0.495 e. The number of unbranched alkanes of at least 4 members (excludes halogenated alkanes) is 5. The lowest BCUT2D eigenvalue weighted by Gasteiger charge is -2.37. The molecule has 12 heteroatoms. The van der Waals surface area contributed by atoms with E-state index >= 15 is 0 Å². The number of methoxy groups -OCH3 is 1. The smallest absolute Gasteiger partial charge is 0.410 e. The molecule has 1 aromatic heterocycles. The van der Waals surface area contributed by atoms with E-state index in [1.54, 1.807) is 22.4 Å². The van der Waals surface area contributed by atoms with Gasteiger partial charge in [0.1, 0.15) is 15.6 Å². The second-order valence-electron chi connectivity index (χ2n) is 12.5. The molecule has 0 aliphatic carbocycles. The van der Waals surface area contributed by atoms with Gasteiger partial charge in [0.2, 0.25) is 0 Å². The number of fused-ring (bicyclic) bond motifs is 1. The van der Waals surface area contributed by atoms with Crippen LogP contribution in [0.4, 0.5) is 16.2 Å². The summed E-state index contributed by atoms with van der Waals surface area (Å²) in [4.78, 5) is 16.5. The molecular formula is C33H47ClN4O5S2. The predicted octanol–water partition coefficient (Wildman–Crippen LogP) is 7.42. The van der Waals surface area contributed by atoms with Crippen molar-refractivity contribution in [1.82, 2.24) is 4.90 Å². The van der Waals surface area contributed by atoms with Crippen LogP contribution >= 0.6 is 22.9 Å². The van der Waals surface area contributed by atoms with Crippen molar-refractivity contribution < 1.29 is 22.7 Å². The number of anilines is 2. The topological polar surface area (TPSA) is 105 Å². The Hall–Kier alpha value is -2.73. The molecule has 3 aromatic rings. The zero-order valence-electron chi connectivity index (χ0n) is 27.1. The number of ether oxygens (including phenoxy) is 2. The summed E-state index contributed by atoms with van der Waals surface area (Å²) in [6.07, 6.45) is 5.54. The maximum atomic E-state index is 14.5. The summed E-state index contributed by atoms with van der Waals surface area (Å²) in [5, 5.41) is 1.43. The number of nitrogens with zero attached hydrogens (tertiary/aromatic N) is 3. The highest BCUT2D eigenvalue weighted by molar-refractivity contribution is 7.95. The molecule has 0 unspecified atom stereocenters. The molecule has 2 heterocycles. The van der Waals surface area contributed by atoms with Crippen LogP contribution in [-0.2, 0) is 14.8 Å². The Kier molecular flexibility index (Phi) is 11.9. The molecule has 2 aromatic carbocycles. The first-order chi connectivity index (χ1) is 21.4. The summed E-state index contributed by atoms with van der Waals surface area (Å²) < 4.78 is 43.0. The number of hydrogen-bond acceptors (Lipinski definition) is 8. The van der Waals surface area contributed by atoms with Gasteiger partial charge in [0.15, 0.2) is 0 Å². The van der Waals surface area contributed by atoms with Crippen LogP contribution in [0.1, 0.15) is 64.9 Å². The lowest BCUT2D eigenvalue weighted by atomic mass is 10.1. The highest BCUT2D eigenvalue weighted by Crippen LogP contribution is 2.40. The van der Waals surface area contributed by atoms with E-state index in [0.29, 0.717) is 65.5 Å². The maximum Gasteiger partial charge on any atom is 0.410 e. The monoisotopic (exact) mass is 678 g/mol. The molecule has 248 valence electrons. The molecule has 1 saturated heterocycles. The van der Waals surface area contributed by atoms with Crippen LogP contribution in [0.25, 0.3) is 10.1 Å². The molecule has 9 nitrogen and oxygen atoms in total. The number of carbonyl (C=O) groups excluding carboxylic acids is 1. The number of amides is 1. The molecule has 0 spiro atoms. The Morgan fingerprint density at radius 3 is 2.31 bits per heavy atom. The first-order valence-corrected chi connectivity index (χ1v) is 18.3. The zero-order chi connectivity index (χ0) is 32.8. The average Bonchev–Trinajstić information content (AvgIpc) is 3.33. The molecule has 0 radical (unpaired) electrons. The van der Waals surface area contributed by atoms with Gasteiger partial charge in [0.05, 0.1) is 18.5 Å². The fourth-order valence-corrected chi connectivity index (χ4v) is 9.06. The van der Waals surface area contributed by atoms with E-state index in [2.05, 4.69) is 4.90 Å². The van der Waals surface area contributed by atoms with Crippen molar-refractivity contribution in [3.05, 3.63) is 47.0 Å². The van der Waals surface area contributed by atoms with Gasteiger partial charge in [-0.05, 0) is 94.4 Å². The maximum absolute atomic E-state index is 14.5. The van der Waals surface area contributed by atoms with Crippen LogP contribution < -0.4 is 19.7 Å². The van der Waals surface area contributed by atoms with E-state index in [1.807, 2.05) is 58.0 Å². The SMILES string of the molecule is COc1ccc(N(CCCCCCCCN)S(=O)(=O)c2sc3ccc(Cl)cc3c2C)cc1N1CCN(C(=O)OC(C)(C)C)CC1. The third kappa shape index (κ3) is 8.75. The van der Waals surface area contributed by atoms with E-state index < -0.39 is 15.6 Å². The summed E-state index contributed by atoms with van der Waals surface area (Å²) in [5.74, 6) is 0.648. The quantitative estimate of drug-likeness (QED) is 0.188. The van der Waals surface area contributed by atoms with Gasteiger partial charge >= 0.3 is 6.09 Å². The van der Waals surface area contributed by atoms with E-state index in [4.69, 9.17) is 26.8 Å². The van der Waals surface area contributed by atoms with Crippen LogP contribution in [-0.4, -0.2) is 71.4 Å². The fourth-order valence-electron chi connectivity index (χ4n) is 5.55. The molecule has 1 aliphatic rings. The summed E-state index contributed by atoms with van der Waals surface area (Å²) in [6, 6.07) is 11.0. The van der Waals surface area contributed by atoms with Crippen LogP contribution in [0.2, 0.25) is 5.02 Å². The first-order valence-electron chi connectivity index (χ1n) is 15.7. The number of halogens is 1. The Bertz CT molecular complexity index is 1560. The van der Waals surface area contributed by atoms with Gasteiger partial charge in [-0.15, -0.1) is 11.3 Å². The van der Waals surface area contributed by atoms with Gasteiger partial charge in [0.25, 0.3) is 10.0 Å². The van der Waals surface area contributed by atoms with E-state index in [0.717, 1.165) is 54.3 Å². The second kappa shape index (κ2) is 15.2. The summed E-state index contributed by atoms with van der Waals surface area (Å²) in [5.41, 5.74) is 7.15. The summed E-state index contributed by atoms with van der Waals surface area (Å²) >= 11 is 7.55.